The number of nitrogens with two attached hydrogens (primary N) is 1. The van der Waals surface area contributed by atoms with Crippen LogP contribution in [0, 0.1) is 13.8 Å². The predicted octanol–water partition coefficient (Wildman–Crippen LogP) is 2.55. The van der Waals surface area contributed by atoms with Crippen LogP contribution >= 0.6 is 0 Å². The molecular formula is C13H18N4. The van der Waals surface area contributed by atoms with E-state index in [1.807, 2.05) is 32.0 Å². The number of hydrogen-bond acceptors (Lipinski definition) is 3. The maximum atomic E-state index is 5.93. The zero-order valence-corrected chi connectivity index (χ0v) is 10.6. The molecule has 2 aromatic rings. The summed E-state index contributed by atoms with van der Waals surface area (Å²) in [5.41, 5.74) is 8.86. The van der Waals surface area contributed by atoms with E-state index in [9.17, 15) is 0 Å². The summed E-state index contributed by atoms with van der Waals surface area (Å²) in [6.45, 7) is 7.08. The van der Waals surface area contributed by atoms with E-state index in [0.717, 1.165) is 41.4 Å². The Morgan fingerprint density at radius 1 is 1.24 bits per heavy atom. The van der Waals surface area contributed by atoms with Crippen molar-refractivity contribution in [2.24, 2.45) is 0 Å². The van der Waals surface area contributed by atoms with Gasteiger partial charge in [0, 0.05) is 17.8 Å². The molecule has 0 saturated heterocycles. The summed E-state index contributed by atoms with van der Waals surface area (Å²) in [5.74, 6) is 1.86. The maximum absolute atomic E-state index is 5.93. The maximum Gasteiger partial charge on any atom is 0.164 e. The van der Waals surface area contributed by atoms with Crippen LogP contribution in [-0.2, 0) is 6.54 Å². The van der Waals surface area contributed by atoms with Crippen LogP contribution in [-0.4, -0.2) is 14.8 Å². The smallest absolute Gasteiger partial charge is 0.164 e. The van der Waals surface area contributed by atoms with Crippen molar-refractivity contribution >= 4 is 5.69 Å². The minimum absolute atomic E-state index is 0.797. The molecule has 0 atom stereocenters. The van der Waals surface area contributed by atoms with E-state index in [1.54, 1.807) is 0 Å². The molecule has 0 aliphatic carbocycles. The summed E-state index contributed by atoms with van der Waals surface area (Å²) >= 11 is 0. The lowest BCUT2D eigenvalue weighted by molar-refractivity contribution is 0.663. The van der Waals surface area contributed by atoms with Crippen molar-refractivity contribution in [3.8, 4) is 11.4 Å². The molecule has 0 aliphatic rings. The molecule has 1 heterocycles. The molecule has 0 bridgehead atoms. The number of benzene rings is 1. The van der Waals surface area contributed by atoms with Crippen LogP contribution in [0.2, 0.25) is 0 Å². The molecule has 90 valence electrons. The summed E-state index contributed by atoms with van der Waals surface area (Å²) < 4.78 is 2.14. The topological polar surface area (TPSA) is 56.7 Å². The molecule has 0 aliphatic heterocycles. The van der Waals surface area contributed by atoms with Crippen molar-refractivity contribution < 1.29 is 0 Å². The first-order chi connectivity index (χ1) is 8.15. The van der Waals surface area contributed by atoms with E-state index in [2.05, 4.69) is 21.7 Å². The molecular weight excluding hydrogens is 212 g/mol. The zero-order valence-electron chi connectivity index (χ0n) is 10.6. The second-order valence-corrected chi connectivity index (χ2v) is 4.24. The Hall–Kier alpha value is -1.84. The standard InChI is InChI=1S/C13H18N4/c1-4-8-17-10(3)15-16-13(17)11-6-5-7-12(14)9(11)2/h5-7H,4,8,14H2,1-3H3. The fourth-order valence-electron chi connectivity index (χ4n) is 1.97. The van der Waals surface area contributed by atoms with Gasteiger partial charge in [0.1, 0.15) is 5.82 Å². The third-order valence-electron chi connectivity index (χ3n) is 3.00. The number of rotatable bonds is 3. The van der Waals surface area contributed by atoms with Crippen molar-refractivity contribution in [2.75, 3.05) is 5.73 Å². The number of anilines is 1. The molecule has 2 N–H and O–H groups in total. The summed E-state index contributed by atoms with van der Waals surface area (Å²) in [7, 11) is 0. The average Bonchev–Trinajstić information content (AvgIpc) is 2.66. The summed E-state index contributed by atoms with van der Waals surface area (Å²) in [6, 6.07) is 5.91. The summed E-state index contributed by atoms with van der Waals surface area (Å²) in [6.07, 6.45) is 1.06. The van der Waals surface area contributed by atoms with Gasteiger partial charge < -0.3 is 10.3 Å². The first-order valence-electron chi connectivity index (χ1n) is 5.90. The summed E-state index contributed by atoms with van der Waals surface area (Å²) in [4.78, 5) is 0. The number of aromatic nitrogens is 3. The van der Waals surface area contributed by atoms with E-state index in [4.69, 9.17) is 5.73 Å². The molecule has 0 saturated carbocycles. The summed E-state index contributed by atoms with van der Waals surface area (Å²) in [5, 5.41) is 8.42. The Balaban J connectivity index is 2.56. The number of hydrogen-bond donors (Lipinski definition) is 1. The van der Waals surface area contributed by atoms with Gasteiger partial charge in [0.05, 0.1) is 0 Å². The largest absolute Gasteiger partial charge is 0.398 e. The van der Waals surface area contributed by atoms with Crippen molar-refractivity contribution in [3.63, 3.8) is 0 Å². The molecule has 2 rings (SSSR count). The minimum Gasteiger partial charge on any atom is -0.398 e. The van der Waals surface area contributed by atoms with Crippen molar-refractivity contribution in [1.82, 2.24) is 14.8 Å². The minimum atomic E-state index is 0.797. The monoisotopic (exact) mass is 230 g/mol. The van der Waals surface area contributed by atoms with Gasteiger partial charge in [0.25, 0.3) is 0 Å². The van der Waals surface area contributed by atoms with E-state index < -0.39 is 0 Å². The van der Waals surface area contributed by atoms with Gasteiger partial charge in [-0.3, -0.25) is 0 Å². The van der Waals surface area contributed by atoms with Crippen molar-refractivity contribution in [2.45, 2.75) is 33.7 Å². The molecule has 0 fully saturated rings. The van der Waals surface area contributed by atoms with Crippen LogP contribution in [0.5, 0.6) is 0 Å². The van der Waals surface area contributed by atoms with Crippen LogP contribution in [0.15, 0.2) is 18.2 Å². The first-order valence-corrected chi connectivity index (χ1v) is 5.90. The lowest BCUT2D eigenvalue weighted by Crippen LogP contribution is -2.03. The van der Waals surface area contributed by atoms with E-state index >= 15 is 0 Å². The molecule has 0 spiro atoms. The number of aryl methyl sites for hydroxylation is 1. The first kappa shape index (κ1) is 11.6. The second kappa shape index (κ2) is 4.57. The van der Waals surface area contributed by atoms with Gasteiger partial charge in [-0.25, -0.2) is 0 Å². The van der Waals surface area contributed by atoms with Crippen LogP contribution in [0.4, 0.5) is 5.69 Å². The van der Waals surface area contributed by atoms with Crippen LogP contribution in [0.25, 0.3) is 11.4 Å². The fraction of sp³-hybridized carbons (Fsp3) is 0.385. The Morgan fingerprint density at radius 2 is 2.00 bits per heavy atom. The zero-order chi connectivity index (χ0) is 12.4. The molecule has 0 unspecified atom stereocenters. The van der Waals surface area contributed by atoms with Gasteiger partial charge in [-0.05, 0) is 31.9 Å². The highest BCUT2D eigenvalue weighted by Crippen LogP contribution is 2.26. The normalized spacial score (nSPS) is 10.8. The molecule has 0 amide bonds. The van der Waals surface area contributed by atoms with E-state index in [1.165, 1.54) is 0 Å². The number of nitrogens with zero attached hydrogens (tertiary/aromatic N) is 3. The Kier molecular flexibility index (Phi) is 3.13. The second-order valence-electron chi connectivity index (χ2n) is 4.24. The van der Waals surface area contributed by atoms with Crippen LogP contribution in [0.3, 0.4) is 0 Å². The van der Waals surface area contributed by atoms with E-state index in [-0.39, 0.29) is 0 Å². The van der Waals surface area contributed by atoms with Crippen LogP contribution in [0.1, 0.15) is 24.7 Å². The quantitative estimate of drug-likeness (QED) is 0.824. The Bertz CT molecular complexity index is 528. The van der Waals surface area contributed by atoms with Gasteiger partial charge in [-0.15, -0.1) is 10.2 Å². The molecule has 17 heavy (non-hydrogen) atoms. The molecule has 4 heteroatoms. The van der Waals surface area contributed by atoms with Crippen LogP contribution < -0.4 is 5.73 Å². The molecule has 4 nitrogen and oxygen atoms in total. The highest BCUT2D eigenvalue weighted by Gasteiger charge is 2.13. The van der Waals surface area contributed by atoms with Gasteiger partial charge >= 0.3 is 0 Å². The Labute approximate surface area is 101 Å². The average molecular weight is 230 g/mol. The third kappa shape index (κ3) is 2.02. The van der Waals surface area contributed by atoms with Crippen molar-refractivity contribution in [3.05, 3.63) is 29.6 Å². The lowest BCUT2D eigenvalue weighted by atomic mass is 10.1. The third-order valence-corrected chi connectivity index (χ3v) is 3.00. The highest BCUT2D eigenvalue weighted by atomic mass is 15.3. The molecule has 1 aromatic heterocycles. The van der Waals surface area contributed by atoms with Gasteiger partial charge in [-0.2, -0.15) is 0 Å². The number of nitrogen functional groups attached to an aromatic ring is 1. The fourth-order valence-corrected chi connectivity index (χ4v) is 1.97. The SMILES string of the molecule is CCCn1c(C)nnc1-c1cccc(N)c1C. The van der Waals surface area contributed by atoms with Crippen molar-refractivity contribution in [1.29, 1.82) is 0 Å². The lowest BCUT2D eigenvalue weighted by Gasteiger charge is -2.10. The van der Waals surface area contributed by atoms with E-state index in [0.29, 0.717) is 0 Å². The molecule has 0 radical (unpaired) electrons. The van der Waals surface area contributed by atoms with Gasteiger partial charge in [-0.1, -0.05) is 19.1 Å². The Morgan fingerprint density at radius 3 is 2.71 bits per heavy atom. The van der Waals surface area contributed by atoms with Gasteiger partial charge in [0.15, 0.2) is 5.82 Å². The molecule has 1 aromatic carbocycles. The van der Waals surface area contributed by atoms with Gasteiger partial charge in [0.2, 0.25) is 0 Å². The predicted molar refractivity (Wildman–Crippen MR) is 69.6 cm³/mol. The highest BCUT2D eigenvalue weighted by molar-refractivity contribution is 5.68.